The molecule has 1 atom stereocenters. The Labute approximate surface area is 162 Å². The summed E-state index contributed by atoms with van der Waals surface area (Å²) >= 11 is 1.75. The molecule has 6 heteroatoms. The Morgan fingerprint density at radius 2 is 1.78 bits per heavy atom. The highest BCUT2D eigenvalue weighted by atomic mass is 32.1. The van der Waals surface area contributed by atoms with Crippen LogP contribution in [0.15, 0.2) is 54.0 Å². The van der Waals surface area contributed by atoms with Crippen molar-refractivity contribution in [2.24, 2.45) is 0 Å². The number of thiophene rings is 1. The van der Waals surface area contributed by atoms with Crippen molar-refractivity contribution < 1.29 is 4.79 Å². The molecule has 0 N–H and O–H groups in total. The summed E-state index contributed by atoms with van der Waals surface area (Å²) in [6.07, 6.45) is 2.81. The fourth-order valence-electron chi connectivity index (χ4n) is 4.25. The second kappa shape index (κ2) is 6.94. The third kappa shape index (κ3) is 2.99. The van der Waals surface area contributed by atoms with Gasteiger partial charge >= 0.3 is 0 Å². The molecule has 138 valence electrons. The number of fused-ring (bicyclic) bond motifs is 1. The van der Waals surface area contributed by atoms with Gasteiger partial charge in [0.25, 0.3) is 0 Å². The molecule has 3 aromatic rings. The fraction of sp³-hybridized carbons (Fsp3) is 0.333. The van der Waals surface area contributed by atoms with Crippen LogP contribution in [0, 0.1) is 0 Å². The molecule has 4 heterocycles. The molecule has 2 aliphatic rings. The van der Waals surface area contributed by atoms with Gasteiger partial charge in [0.05, 0.1) is 21.9 Å². The van der Waals surface area contributed by atoms with E-state index < -0.39 is 0 Å². The number of rotatable bonds is 3. The summed E-state index contributed by atoms with van der Waals surface area (Å²) in [6, 6.07) is 14.2. The zero-order chi connectivity index (χ0) is 18.2. The summed E-state index contributed by atoms with van der Waals surface area (Å²) in [6.45, 7) is 4.56. The van der Waals surface area contributed by atoms with Gasteiger partial charge in [-0.1, -0.05) is 18.2 Å². The second-order valence-electron chi connectivity index (χ2n) is 7.12. The van der Waals surface area contributed by atoms with Crippen LogP contribution in [0.3, 0.4) is 0 Å². The van der Waals surface area contributed by atoms with E-state index in [0.717, 1.165) is 50.3 Å². The number of amides is 1. The minimum atomic E-state index is 0.0200. The number of para-hydroxylation sites is 1. The Balaban J connectivity index is 1.27. The van der Waals surface area contributed by atoms with Crippen LogP contribution in [0.4, 0.5) is 11.4 Å². The van der Waals surface area contributed by atoms with Crippen LogP contribution in [0.5, 0.6) is 0 Å². The van der Waals surface area contributed by atoms with E-state index in [9.17, 15) is 4.79 Å². The lowest BCUT2D eigenvalue weighted by atomic mass is 10.1. The average Bonchev–Trinajstić information content (AvgIpc) is 3.35. The molecule has 0 spiro atoms. The number of hydrogen-bond acceptors (Lipinski definition) is 5. The number of hydrogen-bond donors (Lipinski definition) is 0. The zero-order valence-electron chi connectivity index (χ0n) is 15.1. The minimum Gasteiger partial charge on any atom is -0.368 e. The number of pyridine rings is 1. The molecule has 1 aromatic carbocycles. The van der Waals surface area contributed by atoms with Crippen LogP contribution in [0.2, 0.25) is 0 Å². The van der Waals surface area contributed by atoms with Crippen molar-refractivity contribution in [2.75, 3.05) is 42.5 Å². The van der Waals surface area contributed by atoms with Gasteiger partial charge in [-0.25, -0.2) is 0 Å². The van der Waals surface area contributed by atoms with E-state index in [0.29, 0.717) is 0 Å². The molecule has 2 aliphatic heterocycles. The molecule has 0 bridgehead atoms. The summed E-state index contributed by atoms with van der Waals surface area (Å²) in [5.74, 6) is 0.249. The summed E-state index contributed by atoms with van der Waals surface area (Å²) in [7, 11) is 0. The van der Waals surface area contributed by atoms with Gasteiger partial charge in [-0.2, -0.15) is 0 Å². The highest BCUT2D eigenvalue weighted by molar-refractivity contribution is 7.17. The van der Waals surface area contributed by atoms with Crippen LogP contribution < -0.4 is 9.80 Å². The molecule has 2 fully saturated rings. The van der Waals surface area contributed by atoms with Crippen molar-refractivity contribution in [1.82, 2.24) is 9.88 Å². The minimum absolute atomic E-state index is 0.0200. The number of carbonyl (C=O) groups excluding carboxylic acids is 1. The molecule has 1 unspecified atom stereocenters. The third-order valence-corrected chi connectivity index (χ3v) is 6.59. The summed E-state index contributed by atoms with van der Waals surface area (Å²) in [5.41, 5.74) is 3.36. The highest BCUT2D eigenvalue weighted by Gasteiger charge is 2.37. The van der Waals surface area contributed by atoms with Crippen molar-refractivity contribution in [1.29, 1.82) is 0 Å². The molecule has 5 nitrogen and oxygen atoms in total. The number of carbonyl (C=O) groups is 1. The fourth-order valence-corrected chi connectivity index (χ4v) is 5.14. The van der Waals surface area contributed by atoms with E-state index in [4.69, 9.17) is 0 Å². The maximum Gasteiger partial charge on any atom is 0.244 e. The normalized spacial score (nSPS) is 21.3. The van der Waals surface area contributed by atoms with E-state index >= 15 is 0 Å². The number of nitrogens with zero attached hydrogens (tertiary/aromatic N) is 4. The smallest absolute Gasteiger partial charge is 0.244 e. The van der Waals surface area contributed by atoms with Crippen molar-refractivity contribution in [3.8, 4) is 0 Å². The molecule has 2 aromatic heterocycles. The molecule has 0 saturated carbocycles. The third-order valence-electron chi connectivity index (χ3n) is 5.66. The molecule has 0 radical (unpaired) electrons. The van der Waals surface area contributed by atoms with Gasteiger partial charge in [-0.15, -0.1) is 11.3 Å². The molecule has 1 amide bonds. The number of anilines is 2. The zero-order valence-corrected chi connectivity index (χ0v) is 15.9. The highest BCUT2D eigenvalue weighted by Crippen LogP contribution is 2.31. The quantitative estimate of drug-likeness (QED) is 0.702. The molecule has 0 aliphatic carbocycles. The van der Waals surface area contributed by atoms with Gasteiger partial charge in [-0.3, -0.25) is 14.7 Å². The van der Waals surface area contributed by atoms with Gasteiger partial charge in [0.15, 0.2) is 0 Å². The first-order valence-corrected chi connectivity index (χ1v) is 10.4. The SMILES string of the molecule is O=C1C(N2CCN(c3ccnc4ccsc34)CC2)CCN1c1ccccc1. The number of piperazine rings is 1. The first-order chi connectivity index (χ1) is 13.3. The van der Waals surface area contributed by atoms with Gasteiger partial charge in [0, 0.05) is 44.6 Å². The van der Waals surface area contributed by atoms with Crippen LogP contribution in [-0.2, 0) is 4.79 Å². The Morgan fingerprint density at radius 3 is 2.59 bits per heavy atom. The molecule has 2 saturated heterocycles. The Hall–Kier alpha value is -2.44. The Bertz CT molecular complexity index is 949. The van der Waals surface area contributed by atoms with Crippen LogP contribution in [0.1, 0.15) is 6.42 Å². The monoisotopic (exact) mass is 378 g/mol. The Kier molecular flexibility index (Phi) is 4.30. The predicted molar refractivity (Wildman–Crippen MR) is 111 cm³/mol. The lowest BCUT2D eigenvalue weighted by molar-refractivity contribution is -0.121. The molecular weight excluding hydrogens is 356 g/mol. The predicted octanol–water partition coefficient (Wildman–Crippen LogP) is 3.22. The molecule has 27 heavy (non-hydrogen) atoms. The van der Waals surface area contributed by atoms with Gasteiger partial charge in [0.1, 0.15) is 0 Å². The maximum atomic E-state index is 13.0. The van der Waals surface area contributed by atoms with E-state index in [1.54, 1.807) is 11.3 Å². The summed E-state index contributed by atoms with van der Waals surface area (Å²) in [4.78, 5) is 24.2. The topological polar surface area (TPSA) is 39.7 Å². The standard InChI is InChI=1S/C21H22N4OS/c26-21-19(7-10-25(21)16-4-2-1-3-5-16)24-13-11-23(12-14-24)18-6-9-22-17-8-15-27-20(17)18/h1-6,8-9,15,19H,7,10-14H2. The second-order valence-corrected chi connectivity index (χ2v) is 8.03. The van der Waals surface area contributed by atoms with Crippen LogP contribution in [-0.4, -0.2) is 54.6 Å². The van der Waals surface area contributed by atoms with E-state index in [-0.39, 0.29) is 11.9 Å². The Morgan fingerprint density at radius 1 is 0.963 bits per heavy atom. The van der Waals surface area contributed by atoms with Crippen molar-refractivity contribution >= 4 is 38.8 Å². The first kappa shape index (κ1) is 16.7. The van der Waals surface area contributed by atoms with Crippen molar-refractivity contribution in [2.45, 2.75) is 12.5 Å². The van der Waals surface area contributed by atoms with Gasteiger partial charge in [-0.05, 0) is 36.1 Å². The van der Waals surface area contributed by atoms with Crippen LogP contribution in [0.25, 0.3) is 10.2 Å². The van der Waals surface area contributed by atoms with Crippen LogP contribution >= 0.6 is 11.3 Å². The average molecular weight is 379 g/mol. The largest absolute Gasteiger partial charge is 0.368 e. The van der Waals surface area contributed by atoms with Crippen molar-refractivity contribution in [3.63, 3.8) is 0 Å². The number of aromatic nitrogens is 1. The lowest BCUT2D eigenvalue weighted by Gasteiger charge is -2.38. The van der Waals surface area contributed by atoms with Gasteiger partial charge < -0.3 is 9.80 Å². The summed E-state index contributed by atoms with van der Waals surface area (Å²) < 4.78 is 1.26. The van der Waals surface area contributed by atoms with E-state index in [1.165, 1.54) is 10.4 Å². The maximum absolute atomic E-state index is 13.0. The van der Waals surface area contributed by atoms with Gasteiger partial charge in [0.2, 0.25) is 5.91 Å². The van der Waals surface area contributed by atoms with Crippen molar-refractivity contribution in [3.05, 3.63) is 54.0 Å². The molecular formula is C21H22N4OS. The number of benzene rings is 1. The summed E-state index contributed by atoms with van der Waals surface area (Å²) in [5, 5.41) is 2.10. The van der Waals surface area contributed by atoms with E-state index in [1.807, 2.05) is 41.4 Å². The molecule has 5 rings (SSSR count). The van der Waals surface area contributed by atoms with E-state index in [2.05, 4.69) is 32.3 Å². The first-order valence-electron chi connectivity index (χ1n) is 9.49. The lowest BCUT2D eigenvalue weighted by Crippen LogP contribution is -2.52.